The lowest BCUT2D eigenvalue weighted by Gasteiger charge is -1.97. The lowest BCUT2D eigenvalue weighted by Crippen LogP contribution is -2.04. The van der Waals surface area contributed by atoms with Crippen LogP contribution in [0.15, 0.2) is 35.9 Å². The summed E-state index contributed by atoms with van der Waals surface area (Å²) in [5.74, 6) is 0.251. The molecule has 1 aromatic heterocycles. The van der Waals surface area contributed by atoms with Crippen molar-refractivity contribution in [3.63, 3.8) is 0 Å². The Morgan fingerprint density at radius 1 is 1.35 bits per heavy atom. The third-order valence-electron chi connectivity index (χ3n) is 3.05. The van der Waals surface area contributed by atoms with Crippen LogP contribution in [0.1, 0.15) is 24.3 Å². The molecule has 17 heavy (non-hydrogen) atoms. The van der Waals surface area contributed by atoms with Crippen molar-refractivity contribution in [3.05, 3.63) is 40.9 Å². The molecule has 86 valence electrons. The second kappa shape index (κ2) is 4.41. The molecule has 3 heteroatoms. The smallest absolute Gasteiger partial charge is 0.165 e. The maximum Gasteiger partial charge on any atom is 0.165 e. The van der Waals surface area contributed by atoms with Gasteiger partial charge in [-0.2, -0.15) is 0 Å². The number of hydrogen-bond acceptors (Lipinski definition) is 3. The van der Waals surface area contributed by atoms with E-state index in [9.17, 15) is 4.79 Å². The van der Waals surface area contributed by atoms with Gasteiger partial charge in [0.2, 0.25) is 0 Å². The highest BCUT2D eigenvalue weighted by Crippen LogP contribution is 2.24. The van der Waals surface area contributed by atoms with Crippen molar-refractivity contribution in [1.82, 2.24) is 4.98 Å². The molecule has 0 bridgehead atoms. The number of carbonyl (C=O) groups excluding carboxylic acids is 1. The SMILES string of the molecule is O=C(Cc1nc2ccccc2s1)C1=CCCC1. The average molecular weight is 243 g/mol. The molecule has 2 aromatic rings. The summed E-state index contributed by atoms with van der Waals surface area (Å²) in [6, 6.07) is 8.03. The molecular formula is C14H13NOS. The van der Waals surface area contributed by atoms with Gasteiger partial charge < -0.3 is 0 Å². The molecule has 0 radical (unpaired) electrons. The highest BCUT2D eigenvalue weighted by Gasteiger charge is 2.15. The number of fused-ring (bicyclic) bond motifs is 1. The summed E-state index contributed by atoms with van der Waals surface area (Å²) in [7, 11) is 0. The molecule has 3 rings (SSSR count). The zero-order valence-corrected chi connectivity index (χ0v) is 10.3. The molecule has 0 amide bonds. The van der Waals surface area contributed by atoms with E-state index in [1.54, 1.807) is 11.3 Å². The standard InChI is InChI=1S/C14H13NOS/c16-12(10-5-1-2-6-10)9-14-15-11-7-3-4-8-13(11)17-14/h3-5,7-8H,1-2,6,9H2. The van der Waals surface area contributed by atoms with E-state index < -0.39 is 0 Å². The zero-order valence-electron chi connectivity index (χ0n) is 9.48. The van der Waals surface area contributed by atoms with Gasteiger partial charge in [-0.1, -0.05) is 18.2 Å². The van der Waals surface area contributed by atoms with Crippen molar-refractivity contribution in [3.8, 4) is 0 Å². The molecule has 0 fully saturated rings. The van der Waals surface area contributed by atoms with E-state index in [2.05, 4.69) is 17.1 Å². The van der Waals surface area contributed by atoms with E-state index in [0.717, 1.165) is 40.1 Å². The number of hydrogen-bond donors (Lipinski definition) is 0. The van der Waals surface area contributed by atoms with E-state index >= 15 is 0 Å². The van der Waals surface area contributed by atoms with Crippen molar-refractivity contribution in [2.75, 3.05) is 0 Å². The Labute approximate surface area is 104 Å². The molecule has 0 saturated carbocycles. The van der Waals surface area contributed by atoms with Crippen LogP contribution in [0.4, 0.5) is 0 Å². The van der Waals surface area contributed by atoms with Gasteiger partial charge in [0.1, 0.15) is 5.01 Å². The monoisotopic (exact) mass is 243 g/mol. The van der Waals surface area contributed by atoms with Crippen LogP contribution in [-0.2, 0) is 11.2 Å². The number of Topliss-reactive ketones (excluding diaryl/α,β-unsaturated/α-hetero) is 1. The number of rotatable bonds is 3. The van der Waals surface area contributed by atoms with Crippen molar-refractivity contribution in [2.24, 2.45) is 0 Å². The molecular weight excluding hydrogens is 230 g/mol. The Hall–Kier alpha value is -1.48. The van der Waals surface area contributed by atoms with Gasteiger partial charge in [-0.25, -0.2) is 4.98 Å². The Kier molecular flexibility index (Phi) is 2.77. The summed E-state index contributed by atoms with van der Waals surface area (Å²) in [5.41, 5.74) is 2.00. The van der Waals surface area contributed by atoms with Crippen LogP contribution in [0.5, 0.6) is 0 Å². The highest BCUT2D eigenvalue weighted by molar-refractivity contribution is 7.18. The topological polar surface area (TPSA) is 30.0 Å². The Balaban J connectivity index is 1.82. The lowest BCUT2D eigenvalue weighted by atomic mass is 10.1. The van der Waals surface area contributed by atoms with Gasteiger partial charge in [0.05, 0.1) is 16.6 Å². The molecule has 1 aliphatic carbocycles. The fourth-order valence-electron chi connectivity index (χ4n) is 2.17. The normalized spacial score (nSPS) is 15.2. The maximum atomic E-state index is 12.0. The van der Waals surface area contributed by atoms with Crippen LogP contribution in [0.25, 0.3) is 10.2 Å². The second-order valence-electron chi connectivity index (χ2n) is 4.30. The quantitative estimate of drug-likeness (QED) is 0.825. The summed E-state index contributed by atoms with van der Waals surface area (Å²) in [4.78, 5) is 16.5. The average Bonchev–Trinajstić information content (AvgIpc) is 2.97. The third-order valence-corrected chi connectivity index (χ3v) is 4.09. The minimum absolute atomic E-state index is 0.251. The highest BCUT2D eigenvalue weighted by atomic mass is 32.1. The Morgan fingerprint density at radius 3 is 3.00 bits per heavy atom. The number of aromatic nitrogens is 1. The van der Waals surface area contributed by atoms with Gasteiger partial charge in [0.15, 0.2) is 5.78 Å². The van der Waals surface area contributed by atoms with E-state index in [0.29, 0.717) is 6.42 Å². The van der Waals surface area contributed by atoms with Gasteiger partial charge in [-0.05, 0) is 37.0 Å². The maximum absolute atomic E-state index is 12.0. The molecule has 0 spiro atoms. The molecule has 0 saturated heterocycles. The first kappa shape index (κ1) is 10.7. The van der Waals surface area contributed by atoms with Gasteiger partial charge in [-0.3, -0.25) is 4.79 Å². The van der Waals surface area contributed by atoms with Crippen molar-refractivity contribution in [1.29, 1.82) is 0 Å². The Bertz CT molecular complexity index is 564. The first-order valence-electron chi connectivity index (χ1n) is 5.89. The van der Waals surface area contributed by atoms with Gasteiger partial charge in [-0.15, -0.1) is 11.3 Å². The molecule has 0 atom stereocenters. The summed E-state index contributed by atoms with van der Waals surface area (Å²) < 4.78 is 1.16. The first-order valence-corrected chi connectivity index (χ1v) is 6.71. The minimum atomic E-state index is 0.251. The number of allylic oxidation sites excluding steroid dienone is 2. The molecule has 1 aliphatic rings. The number of ketones is 1. The summed E-state index contributed by atoms with van der Waals surface area (Å²) >= 11 is 1.63. The molecule has 2 nitrogen and oxygen atoms in total. The number of carbonyl (C=O) groups is 1. The molecule has 0 N–H and O–H groups in total. The van der Waals surface area contributed by atoms with Crippen LogP contribution in [0.3, 0.4) is 0 Å². The van der Waals surface area contributed by atoms with Gasteiger partial charge in [0, 0.05) is 0 Å². The van der Waals surface area contributed by atoms with E-state index in [-0.39, 0.29) is 5.78 Å². The van der Waals surface area contributed by atoms with Crippen LogP contribution in [0, 0.1) is 0 Å². The number of thiazole rings is 1. The third kappa shape index (κ3) is 2.15. The largest absolute Gasteiger partial charge is 0.294 e. The first-order chi connectivity index (χ1) is 8.33. The van der Waals surface area contributed by atoms with Crippen molar-refractivity contribution >= 4 is 27.3 Å². The summed E-state index contributed by atoms with van der Waals surface area (Å²) in [6.45, 7) is 0. The van der Waals surface area contributed by atoms with E-state index in [1.807, 2.05) is 18.2 Å². The molecule has 0 unspecified atom stereocenters. The lowest BCUT2D eigenvalue weighted by molar-refractivity contribution is -0.115. The minimum Gasteiger partial charge on any atom is -0.294 e. The Morgan fingerprint density at radius 2 is 2.24 bits per heavy atom. The predicted molar refractivity (Wildman–Crippen MR) is 70.3 cm³/mol. The van der Waals surface area contributed by atoms with E-state index in [1.165, 1.54) is 0 Å². The van der Waals surface area contributed by atoms with Gasteiger partial charge in [0.25, 0.3) is 0 Å². The van der Waals surface area contributed by atoms with Gasteiger partial charge >= 0.3 is 0 Å². The number of para-hydroxylation sites is 1. The van der Waals surface area contributed by atoms with Crippen molar-refractivity contribution in [2.45, 2.75) is 25.7 Å². The van der Waals surface area contributed by atoms with Crippen molar-refractivity contribution < 1.29 is 4.79 Å². The van der Waals surface area contributed by atoms with Crippen LogP contribution < -0.4 is 0 Å². The summed E-state index contributed by atoms with van der Waals surface area (Å²) in [5, 5.41) is 0.934. The molecule has 0 aliphatic heterocycles. The van der Waals surface area contributed by atoms with E-state index in [4.69, 9.17) is 0 Å². The number of benzene rings is 1. The number of nitrogens with zero attached hydrogens (tertiary/aromatic N) is 1. The molecule has 1 aromatic carbocycles. The van der Waals surface area contributed by atoms with Crippen LogP contribution in [-0.4, -0.2) is 10.8 Å². The van der Waals surface area contributed by atoms with Crippen LogP contribution in [0.2, 0.25) is 0 Å². The fraction of sp³-hybridized carbons (Fsp3) is 0.286. The predicted octanol–water partition coefficient (Wildman–Crippen LogP) is 3.52. The molecule has 1 heterocycles. The summed E-state index contributed by atoms with van der Waals surface area (Å²) in [6.07, 6.45) is 5.67. The fourth-order valence-corrected chi connectivity index (χ4v) is 3.14. The zero-order chi connectivity index (χ0) is 11.7. The second-order valence-corrected chi connectivity index (χ2v) is 5.41. The van der Waals surface area contributed by atoms with Crippen LogP contribution >= 0.6 is 11.3 Å².